The number of hydrogen-bond acceptors (Lipinski definition) is 3. The summed E-state index contributed by atoms with van der Waals surface area (Å²) in [5.74, 6) is 1.61. The second-order valence-corrected chi connectivity index (χ2v) is 5.31. The van der Waals surface area contributed by atoms with Gasteiger partial charge in [0.2, 0.25) is 0 Å². The third-order valence-electron chi connectivity index (χ3n) is 4.34. The number of rotatable bonds is 3. The highest BCUT2D eigenvalue weighted by molar-refractivity contribution is 5.35. The summed E-state index contributed by atoms with van der Waals surface area (Å²) in [5.41, 5.74) is 7.51. The van der Waals surface area contributed by atoms with Gasteiger partial charge in [-0.05, 0) is 36.5 Å². The molecular formula is C14H19NO2. The van der Waals surface area contributed by atoms with Gasteiger partial charge in [-0.25, -0.2) is 0 Å². The maximum atomic E-state index is 5.91. The molecule has 17 heavy (non-hydrogen) atoms. The van der Waals surface area contributed by atoms with E-state index < -0.39 is 0 Å². The van der Waals surface area contributed by atoms with E-state index in [0.717, 1.165) is 31.8 Å². The van der Waals surface area contributed by atoms with Gasteiger partial charge in [0.25, 0.3) is 0 Å². The SMILES string of the molecule is COc1ccc(C2(C3CC(N)C3)COC2)cc1. The molecule has 1 saturated heterocycles. The molecule has 0 amide bonds. The molecule has 92 valence electrons. The molecule has 3 rings (SSSR count). The number of methoxy groups -OCH3 is 1. The lowest BCUT2D eigenvalue weighted by Crippen LogP contribution is -2.58. The van der Waals surface area contributed by atoms with Crippen LogP contribution in [0.15, 0.2) is 24.3 Å². The highest BCUT2D eigenvalue weighted by Gasteiger charge is 2.51. The van der Waals surface area contributed by atoms with Crippen molar-refractivity contribution in [3.63, 3.8) is 0 Å². The zero-order valence-electron chi connectivity index (χ0n) is 10.2. The highest BCUT2D eigenvalue weighted by atomic mass is 16.5. The van der Waals surface area contributed by atoms with Crippen molar-refractivity contribution >= 4 is 0 Å². The molecule has 1 saturated carbocycles. The molecule has 1 aliphatic carbocycles. The lowest BCUT2D eigenvalue weighted by Gasteiger charge is -2.53. The molecular weight excluding hydrogens is 214 g/mol. The van der Waals surface area contributed by atoms with Gasteiger partial charge >= 0.3 is 0 Å². The van der Waals surface area contributed by atoms with E-state index in [0.29, 0.717) is 12.0 Å². The Bertz CT molecular complexity index is 391. The minimum atomic E-state index is 0.224. The Hall–Kier alpha value is -1.06. The standard InChI is InChI=1S/C14H19NO2/c1-16-13-4-2-10(3-5-13)14(8-17-9-14)11-6-12(15)7-11/h2-5,11-12H,6-9,15H2,1H3. The average molecular weight is 233 g/mol. The Labute approximate surface area is 102 Å². The predicted octanol–water partition coefficient (Wildman–Crippen LogP) is 1.70. The summed E-state index contributed by atoms with van der Waals surface area (Å²) < 4.78 is 10.7. The average Bonchev–Trinajstić information content (AvgIpc) is 2.26. The fourth-order valence-corrected chi connectivity index (χ4v) is 3.00. The fourth-order valence-electron chi connectivity index (χ4n) is 3.00. The van der Waals surface area contributed by atoms with Gasteiger partial charge in [0.05, 0.1) is 20.3 Å². The molecule has 0 bridgehead atoms. The smallest absolute Gasteiger partial charge is 0.118 e. The van der Waals surface area contributed by atoms with E-state index in [1.54, 1.807) is 7.11 Å². The number of nitrogens with two attached hydrogens (primary N) is 1. The molecule has 1 aromatic carbocycles. The van der Waals surface area contributed by atoms with Crippen molar-refractivity contribution in [2.24, 2.45) is 11.7 Å². The van der Waals surface area contributed by atoms with Crippen LogP contribution in [0.4, 0.5) is 0 Å². The minimum Gasteiger partial charge on any atom is -0.497 e. The Balaban J connectivity index is 1.84. The molecule has 0 radical (unpaired) electrons. The molecule has 0 unspecified atom stereocenters. The van der Waals surface area contributed by atoms with E-state index in [1.165, 1.54) is 5.56 Å². The van der Waals surface area contributed by atoms with E-state index in [9.17, 15) is 0 Å². The minimum absolute atomic E-state index is 0.224. The van der Waals surface area contributed by atoms with Gasteiger partial charge in [0, 0.05) is 11.5 Å². The first-order valence-electron chi connectivity index (χ1n) is 6.22. The van der Waals surface area contributed by atoms with Crippen molar-refractivity contribution in [2.75, 3.05) is 20.3 Å². The van der Waals surface area contributed by atoms with Crippen molar-refractivity contribution in [3.05, 3.63) is 29.8 Å². The molecule has 3 heteroatoms. The van der Waals surface area contributed by atoms with E-state index in [4.69, 9.17) is 15.2 Å². The third kappa shape index (κ3) is 1.65. The van der Waals surface area contributed by atoms with Crippen LogP contribution in [-0.2, 0) is 10.2 Å². The Kier molecular flexibility index (Phi) is 2.60. The molecule has 2 fully saturated rings. The van der Waals surface area contributed by atoms with Crippen molar-refractivity contribution in [2.45, 2.75) is 24.3 Å². The highest BCUT2D eigenvalue weighted by Crippen LogP contribution is 2.48. The van der Waals surface area contributed by atoms with Gasteiger partial charge in [-0.3, -0.25) is 0 Å². The third-order valence-corrected chi connectivity index (χ3v) is 4.34. The monoisotopic (exact) mass is 233 g/mol. The zero-order chi connectivity index (χ0) is 11.9. The van der Waals surface area contributed by atoms with E-state index in [-0.39, 0.29) is 5.41 Å². The molecule has 2 N–H and O–H groups in total. The normalized spacial score (nSPS) is 30.2. The van der Waals surface area contributed by atoms with Crippen molar-refractivity contribution in [1.82, 2.24) is 0 Å². The van der Waals surface area contributed by atoms with Crippen LogP contribution in [0.5, 0.6) is 5.75 Å². The van der Waals surface area contributed by atoms with Crippen LogP contribution in [-0.4, -0.2) is 26.4 Å². The van der Waals surface area contributed by atoms with Crippen LogP contribution < -0.4 is 10.5 Å². The van der Waals surface area contributed by atoms with Gasteiger partial charge in [-0.1, -0.05) is 12.1 Å². The number of hydrogen-bond donors (Lipinski definition) is 1. The number of benzene rings is 1. The van der Waals surface area contributed by atoms with Gasteiger partial charge in [-0.2, -0.15) is 0 Å². The van der Waals surface area contributed by atoms with Gasteiger partial charge in [0.15, 0.2) is 0 Å². The molecule has 1 aromatic rings. The van der Waals surface area contributed by atoms with Crippen LogP contribution in [0.25, 0.3) is 0 Å². The van der Waals surface area contributed by atoms with Crippen LogP contribution in [0.2, 0.25) is 0 Å². The summed E-state index contributed by atoms with van der Waals surface area (Å²) in [7, 11) is 1.70. The van der Waals surface area contributed by atoms with Crippen molar-refractivity contribution in [3.8, 4) is 5.75 Å². The van der Waals surface area contributed by atoms with Crippen LogP contribution in [0.1, 0.15) is 18.4 Å². The number of ether oxygens (including phenoxy) is 2. The van der Waals surface area contributed by atoms with Crippen LogP contribution >= 0.6 is 0 Å². The molecule has 1 aliphatic heterocycles. The Morgan fingerprint density at radius 2 is 1.88 bits per heavy atom. The topological polar surface area (TPSA) is 44.5 Å². The maximum Gasteiger partial charge on any atom is 0.118 e. The summed E-state index contributed by atoms with van der Waals surface area (Å²) in [6.45, 7) is 1.69. The summed E-state index contributed by atoms with van der Waals surface area (Å²) in [6, 6.07) is 8.81. The predicted molar refractivity (Wildman–Crippen MR) is 66.2 cm³/mol. The first-order valence-corrected chi connectivity index (χ1v) is 6.22. The first kappa shape index (κ1) is 11.1. The van der Waals surface area contributed by atoms with Crippen molar-refractivity contribution < 1.29 is 9.47 Å². The van der Waals surface area contributed by atoms with Crippen molar-refractivity contribution in [1.29, 1.82) is 0 Å². The second-order valence-electron chi connectivity index (χ2n) is 5.31. The van der Waals surface area contributed by atoms with Gasteiger partial charge in [0.1, 0.15) is 5.75 Å². The van der Waals surface area contributed by atoms with Crippen LogP contribution in [0.3, 0.4) is 0 Å². The summed E-state index contributed by atoms with van der Waals surface area (Å²) >= 11 is 0. The lowest BCUT2D eigenvalue weighted by atomic mass is 9.59. The molecule has 0 aromatic heterocycles. The molecule has 3 nitrogen and oxygen atoms in total. The molecule has 0 spiro atoms. The van der Waals surface area contributed by atoms with Gasteiger partial charge in [-0.15, -0.1) is 0 Å². The maximum absolute atomic E-state index is 5.91. The molecule has 0 atom stereocenters. The zero-order valence-corrected chi connectivity index (χ0v) is 10.2. The van der Waals surface area contributed by atoms with Gasteiger partial charge < -0.3 is 15.2 Å². The largest absolute Gasteiger partial charge is 0.497 e. The first-order chi connectivity index (χ1) is 8.24. The summed E-state index contributed by atoms with van der Waals surface area (Å²) in [4.78, 5) is 0. The second kappa shape index (κ2) is 4.00. The lowest BCUT2D eigenvalue weighted by molar-refractivity contribution is -0.111. The summed E-state index contributed by atoms with van der Waals surface area (Å²) in [6.07, 6.45) is 2.27. The van der Waals surface area contributed by atoms with E-state index in [1.807, 2.05) is 12.1 Å². The molecule has 1 heterocycles. The van der Waals surface area contributed by atoms with Crippen LogP contribution in [0, 0.1) is 5.92 Å². The molecule has 2 aliphatic rings. The fraction of sp³-hybridized carbons (Fsp3) is 0.571. The Morgan fingerprint density at radius 1 is 1.24 bits per heavy atom. The quantitative estimate of drug-likeness (QED) is 0.864. The summed E-state index contributed by atoms with van der Waals surface area (Å²) in [5, 5.41) is 0. The Morgan fingerprint density at radius 3 is 2.29 bits per heavy atom. The van der Waals surface area contributed by atoms with E-state index in [2.05, 4.69) is 12.1 Å². The van der Waals surface area contributed by atoms with E-state index >= 15 is 0 Å².